The van der Waals surface area contributed by atoms with E-state index >= 15 is 0 Å². The number of carboxylic acid groups (broad SMARTS) is 1. The molecule has 0 aliphatic heterocycles. The van der Waals surface area contributed by atoms with E-state index in [1.807, 2.05) is 0 Å². The molecule has 2 rings (SSSR count). The Hall–Kier alpha value is -1.06. The molecule has 2 saturated carbocycles. The summed E-state index contributed by atoms with van der Waals surface area (Å²) in [5.74, 6) is 2.06. The van der Waals surface area contributed by atoms with E-state index in [1.54, 1.807) is 0 Å². The lowest BCUT2D eigenvalue weighted by atomic mass is 9.86. The number of carbonyl (C=O) groups excluding carboxylic acids is 1. The molecule has 2 bridgehead atoms. The van der Waals surface area contributed by atoms with Gasteiger partial charge in [0.15, 0.2) is 0 Å². The Kier molecular flexibility index (Phi) is 5.65. The van der Waals surface area contributed by atoms with E-state index in [9.17, 15) is 9.59 Å². The maximum absolute atomic E-state index is 12.1. The number of fused-ring (bicyclic) bond motifs is 2. The standard InChI is InChI=1S/C17H29NO3/c1-11(2)5-13(8-17(20)21)10-18-16(19)9-15-7-12-3-4-14(15)6-12/h11-15H,3-10H2,1-2H3,(H,18,19)(H,20,21). The fourth-order valence-electron chi connectivity index (χ4n) is 4.35. The summed E-state index contributed by atoms with van der Waals surface area (Å²) in [6.45, 7) is 4.68. The number of carbonyl (C=O) groups is 2. The zero-order valence-corrected chi connectivity index (χ0v) is 13.3. The van der Waals surface area contributed by atoms with Gasteiger partial charge in [0.05, 0.1) is 0 Å². The van der Waals surface area contributed by atoms with Crippen LogP contribution in [-0.4, -0.2) is 23.5 Å². The van der Waals surface area contributed by atoms with Gasteiger partial charge in [-0.25, -0.2) is 0 Å². The van der Waals surface area contributed by atoms with Gasteiger partial charge in [0.2, 0.25) is 5.91 Å². The molecule has 2 fully saturated rings. The molecular formula is C17H29NO3. The van der Waals surface area contributed by atoms with E-state index in [2.05, 4.69) is 19.2 Å². The quantitative estimate of drug-likeness (QED) is 0.723. The van der Waals surface area contributed by atoms with Gasteiger partial charge in [0.1, 0.15) is 0 Å². The second kappa shape index (κ2) is 7.28. The van der Waals surface area contributed by atoms with E-state index in [-0.39, 0.29) is 18.2 Å². The summed E-state index contributed by atoms with van der Waals surface area (Å²) < 4.78 is 0. The predicted octanol–water partition coefficient (Wildman–Crippen LogP) is 3.07. The fraction of sp³-hybridized carbons (Fsp3) is 0.882. The Balaban J connectivity index is 1.72. The van der Waals surface area contributed by atoms with Gasteiger partial charge in [-0.2, -0.15) is 0 Å². The first kappa shape index (κ1) is 16.3. The normalized spacial score (nSPS) is 28.8. The summed E-state index contributed by atoms with van der Waals surface area (Å²) >= 11 is 0. The Morgan fingerprint density at radius 2 is 2.00 bits per heavy atom. The number of carboxylic acids is 1. The Morgan fingerprint density at radius 3 is 2.52 bits per heavy atom. The highest BCUT2D eigenvalue weighted by atomic mass is 16.4. The van der Waals surface area contributed by atoms with Crippen LogP contribution >= 0.6 is 0 Å². The third-order valence-corrected chi connectivity index (χ3v) is 5.19. The van der Waals surface area contributed by atoms with Crippen molar-refractivity contribution in [3.8, 4) is 0 Å². The fourth-order valence-corrected chi connectivity index (χ4v) is 4.35. The minimum Gasteiger partial charge on any atom is -0.481 e. The van der Waals surface area contributed by atoms with Crippen LogP contribution in [0.15, 0.2) is 0 Å². The van der Waals surface area contributed by atoms with Gasteiger partial charge >= 0.3 is 5.97 Å². The number of hydrogen-bond donors (Lipinski definition) is 2. The van der Waals surface area contributed by atoms with Crippen molar-refractivity contribution >= 4 is 11.9 Å². The van der Waals surface area contributed by atoms with Gasteiger partial charge in [-0.05, 0) is 55.3 Å². The molecule has 4 heteroatoms. The van der Waals surface area contributed by atoms with Crippen molar-refractivity contribution in [2.75, 3.05) is 6.54 Å². The number of nitrogens with one attached hydrogen (secondary N) is 1. The first-order valence-corrected chi connectivity index (χ1v) is 8.42. The van der Waals surface area contributed by atoms with Crippen LogP contribution in [0, 0.1) is 29.6 Å². The first-order valence-electron chi connectivity index (χ1n) is 8.42. The van der Waals surface area contributed by atoms with E-state index in [1.165, 1.54) is 25.7 Å². The molecule has 4 atom stereocenters. The average molecular weight is 295 g/mol. The molecule has 2 aliphatic carbocycles. The molecule has 2 N–H and O–H groups in total. The molecule has 2 aliphatic rings. The SMILES string of the molecule is CC(C)CC(CNC(=O)CC1CC2CCC1C2)CC(=O)O. The molecule has 0 heterocycles. The Morgan fingerprint density at radius 1 is 1.24 bits per heavy atom. The third-order valence-electron chi connectivity index (χ3n) is 5.19. The zero-order valence-electron chi connectivity index (χ0n) is 13.3. The highest BCUT2D eigenvalue weighted by Gasteiger charge is 2.40. The van der Waals surface area contributed by atoms with Gasteiger partial charge in [0, 0.05) is 19.4 Å². The number of amides is 1. The molecule has 0 saturated heterocycles. The number of hydrogen-bond acceptors (Lipinski definition) is 2. The second-order valence-corrected chi connectivity index (χ2v) is 7.54. The van der Waals surface area contributed by atoms with Crippen LogP contribution in [0.4, 0.5) is 0 Å². The van der Waals surface area contributed by atoms with Crippen molar-refractivity contribution in [2.24, 2.45) is 29.6 Å². The summed E-state index contributed by atoms with van der Waals surface area (Å²) in [6, 6.07) is 0. The molecule has 120 valence electrons. The van der Waals surface area contributed by atoms with Gasteiger partial charge in [0.25, 0.3) is 0 Å². The van der Waals surface area contributed by atoms with Crippen LogP contribution in [0.2, 0.25) is 0 Å². The maximum Gasteiger partial charge on any atom is 0.303 e. The Bertz CT molecular complexity index is 380. The minimum absolute atomic E-state index is 0.0477. The second-order valence-electron chi connectivity index (χ2n) is 7.54. The van der Waals surface area contributed by atoms with Gasteiger partial charge in [-0.3, -0.25) is 9.59 Å². The lowest BCUT2D eigenvalue weighted by molar-refractivity contribution is -0.138. The van der Waals surface area contributed by atoms with E-state index < -0.39 is 5.97 Å². The summed E-state index contributed by atoms with van der Waals surface area (Å²) in [6.07, 6.45) is 6.85. The molecule has 0 spiro atoms. The van der Waals surface area contributed by atoms with Crippen LogP contribution in [0.25, 0.3) is 0 Å². The van der Waals surface area contributed by atoms with Crippen molar-refractivity contribution < 1.29 is 14.7 Å². The summed E-state index contributed by atoms with van der Waals surface area (Å²) in [4.78, 5) is 23.0. The molecular weight excluding hydrogens is 266 g/mol. The highest BCUT2D eigenvalue weighted by molar-refractivity contribution is 5.76. The maximum atomic E-state index is 12.1. The van der Waals surface area contributed by atoms with Crippen LogP contribution < -0.4 is 5.32 Å². The van der Waals surface area contributed by atoms with Crippen LogP contribution in [-0.2, 0) is 9.59 Å². The topological polar surface area (TPSA) is 66.4 Å². The van der Waals surface area contributed by atoms with Crippen molar-refractivity contribution in [1.29, 1.82) is 0 Å². The average Bonchev–Trinajstić information content (AvgIpc) is 2.96. The number of aliphatic carboxylic acids is 1. The van der Waals surface area contributed by atoms with Crippen LogP contribution in [0.5, 0.6) is 0 Å². The molecule has 4 unspecified atom stereocenters. The monoisotopic (exact) mass is 295 g/mol. The minimum atomic E-state index is -0.775. The molecule has 4 nitrogen and oxygen atoms in total. The largest absolute Gasteiger partial charge is 0.481 e. The molecule has 0 aromatic rings. The van der Waals surface area contributed by atoms with Gasteiger partial charge in [-0.15, -0.1) is 0 Å². The smallest absolute Gasteiger partial charge is 0.303 e. The third kappa shape index (κ3) is 5.01. The summed E-state index contributed by atoms with van der Waals surface area (Å²) in [5, 5.41) is 11.9. The van der Waals surface area contributed by atoms with Crippen LogP contribution in [0.3, 0.4) is 0 Å². The van der Waals surface area contributed by atoms with Crippen molar-refractivity contribution in [1.82, 2.24) is 5.32 Å². The number of rotatable bonds is 8. The summed E-state index contributed by atoms with van der Waals surface area (Å²) in [7, 11) is 0. The van der Waals surface area contributed by atoms with Crippen LogP contribution in [0.1, 0.15) is 58.8 Å². The molecule has 0 aromatic heterocycles. The lowest BCUT2D eigenvalue weighted by Gasteiger charge is -2.22. The summed E-state index contributed by atoms with van der Waals surface area (Å²) in [5.41, 5.74) is 0. The van der Waals surface area contributed by atoms with E-state index in [0.29, 0.717) is 24.8 Å². The first-order chi connectivity index (χ1) is 9.94. The van der Waals surface area contributed by atoms with Crippen molar-refractivity contribution in [2.45, 2.75) is 58.8 Å². The zero-order chi connectivity index (χ0) is 15.4. The van der Waals surface area contributed by atoms with Crippen molar-refractivity contribution in [3.63, 3.8) is 0 Å². The molecule has 1 amide bonds. The van der Waals surface area contributed by atoms with Gasteiger partial charge < -0.3 is 10.4 Å². The van der Waals surface area contributed by atoms with E-state index in [4.69, 9.17) is 5.11 Å². The molecule has 21 heavy (non-hydrogen) atoms. The lowest BCUT2D eigenvalue weighted by Crippen LogP contribution is -2.32. The highest BCUT2D eigenvalue weighted by Crippen LogP contribution is 2.49. The van der Waals surface area contributed by atoms with Gasteiger partial charge in [-0.1, -0.05) is 20.3 Å². The van der Waals surface area contributed by atoms with E-state index in [0.717, 1.165) is 18.3 Å². The Labute approximate surface area is 127 Å². The molecule has 0 aromatic carbocycles. The predicted molar refractivity (Wildman–Crippen MR) is 81.8 cm³/mol. The van der Waals surface area contributed by atoms with Crippen molar-refractivity contribution in [3.05, 3.63) is 0 Å². The molecule has 0 radical (unpaired) electrons.